The first kappa shape index (κ1) is 22.6. The molecule has 2 N–H and O–H groups in total. The normalized spacial score (nSPS) is 14.8. The van der Waals surface area contributed by atoms with Crippen LogP contribution in [0.15, 0.2) is 41.3 Å². The van der Waals surface area contributed by atoms with E-state index in [0.717, 1.165) is 24.2 Å². The fourth-order valence-electron chi connectivity index (χ4n) is 3.56. The van der Waals surface area contributed by atoms with Crippen LogP contribution >= 0.6 is 0 Å². The molecule has 2 aromatic carbocycles. The van der Waals surface area contributed by atoms with Crippen molar-refractivity contribution in [1.82, 2.24) is 4.90 Å². The van der Waals surface area contributed by atoms with Crippen molar-refractivity contribution in [3.8, 4) is 6.07 Å². The average Bonchev–Trinajstić information content (AvgIpc) is 2.74. The number of carboxylic acid groups (broad SMARTS) is 1. The molecule has 0 bridgehead atoms. The van der Waals surface area contributed by atoms with E-state index in [4.69, 9.17) is 5.26 Å². The summed E-state index contributed by atoms with van der Waals surface area (Å²) in [5.74, 6) is -1.12. The van der Waals surface area contributed by atoms with E-state index in [1.165, 1.54) is 12.1 Å². The smallest absolute Gasteiger partial charge is 0.337 e. The summed E-state index contributed by atoms with van der Waals surface area (Å²) in [6, 6.07) is 11.6. The third-order valence-corrected chi connectivity index (χ3v) is 6.90. The number of carbonyl (C=O) groups is 1. The molecule has 1 fully saturated rings. The van der Waals surface area contributed by atoms with E-state index < -0.39 is 16.0 Å². The van der Waals surface area contributed by atoms with Crippen molar-refractivity contribution in [2.45, 2.75) is 25.2 Å². The first-order valence-electron chi connectivity index (χ1n) is 10.0. The Kier molecular flexibility index (Phi) is 6.83. The summed E-state index contributed by atoms with van der Waals surface area (Å²) in [6.07, 6.45) is 0.468. The minimum absolute atomic E-state index is 0.0470. The van der Waals surface area contributed by atoms with Crippen LogP contribution in [-0.4, -0.2) is 57.1 Å². The van der Waals surface area contributed by atoms with Gasteiger partial charge in [-0.2, -0.15) is 5.26 Å². The summed E-state index contributed by atoms with van der Waals surface area (Å²) < 4.78 is 28.0. The number of aromatic carboxylic acids is 1. The van der Waals surface area contributed by atoms with Crippen LogP contribution in [0.1, 0.15) is 27.9 Å². The van der Waals surface area contributed by atoms with Crippen LogP contribution in [0.2, 0.25) is 0 Å². The van der Waals surface area contributed by atoms with Crippen molar-refractivity contribution in [2.24, 2.45) is 0 Å². The Hall–Kier alpha value is -3.09. The summed E-state index contributed by atoms with van der Waals surface area (Å²) in [4.78, 5) is 16.2. The number of nitrogens with one attached hydrogen (secondary N) is 1. The lowest BCUT2D eigenvalue weighted by atomic mass is 10.1. The van der Waals surface area contributed by atoms with Crippen molar-refractivity contribution < 1.29 is 18.3 Å². The molecule has 164 valence electrons. The highest BCUT2D eigenvalue weighted by molar-refractivity contribution is 7.92. The molecule has 0 saturated carbocycles. The van der Waals surface area contributed by atoms with Gasteiger partial charge >= 0.3 is 5.97 Å². The lowest BCUT2D eigenvalue weighted by Crippen LogP contribution is -2.47. The van der Waals surface area contributed by atoms with E-state index in [9.17, 15) is 18.3 Å². The molecule has 1 aliphatic heterocycles. The molecule has 0 unspecified atom stereocenters. The maximum absolute atomic E-state index is 12.8. The SMILES string of the molecule is Cc1ccc(S(=O)(=O)Nc2ccc(N3CCN(CCC#N)CC3)c(C(=O)O)c2)cc1C. The number of aryl methyl sites for hydroxylation is 2. The van der Waals surface area contributed by atoms with E-state index in [2.05, 4.69) is 15.7 Å². The van der Waals surface area contributed by atoms with Gasteiger partial charge in [-0.1, -0.05) is 6.07 Å². The standard InChI is InChI=1S/C22H26N4O4S/c1-16-4-6-19(14-17(16)2)31(29,30)24-18-5-7-21(20(15-18)22(27)28)26-12-10-25(11-13-26)9-3-8-23/h4-7,14-15,24H,3,9-13H2,1-2H3,(H,27,28). The van der Waals surface area contributed by atoms with Gasteiger partial charge in [0.15, 0.2) is 0 Å². The Bertz CT molecular complexity index is 1120. The van der Waals surface area contributed by atoms with Gasteiger partial charge in [0.25, 0.3) is 10.0 Å². The van der Waals surface area contributed by atoms with Crippen molar-refractivity contribution >= 4 is 27.4 Å². The van der Waals surface area contributed by atoms with Crippen molar-refractivity contribution in [2.75, 3.05) is 42.3 Å². The van der Waals surface area contributed by atoms with Crippen LogP contribution in [0.5, 0.6) is 0 Å². The molecule has 1 saturated heterocycles. The fraction of sp³-hybridized carbons (Fsp3) is 0.364. The quantitative estimate of drug-likeness (QED) is 0.678. The maximum atomic E-state index is 12.8. The van der Waals surface area contributed by atoms with Crippen LogP contribution in [0.25, 0.3) is 0 Å². The Morgan fingerprint density at radius 2 is 1.81 bits per heavy atom. The third-order valence-electron chi connectivity index (χ3n) is 5.52. The van der Waals surface area contributed by atoms with Crippen LogP contribution in [0, 0.1) is 25.2 Å². The largest absolute Gasteiger partial charge is 0.478 e. The Labute approximate surface area is 182 Å². The summed E-state index contributed by atoms with van der Waals surface area (Å²) in [5.41, 5.74) is 2.65. The number of rotatable bonds is 7. The van der Waals surface area contributed by atoms with E-state index in [-0.39, 0.29) is 16.1 Å². The van der Waals surface area contributed by atoms with Gasteiger partial charge in [-0.05, 0) is 55.3 Å². The van der Waals surface area contributed by atoms with Gasteiger partial charge in [0.2, 0.25) is 0 Å². The Morgan fingerprint density at radius 3 is 2.42 bits per heavy atom. The van der Waals surface area contributed by atoms with Gasteiger partial charge in [0.1, 0.15) is 0 Å². The monoisotopic (exact) mass is 442 g/mol. The first-order chi connectivity index (χ1) is 14.7. The summed E-state index contributed by atoms with van der Waals surface area (Å²) >= 11 is 0. The number of anilines is 2. The molecule has 31 heavy (non-hydrogen) atoms. The highest BCUT2D eigenvalue weighted by Crippen LogP contribution is 2.27. The zero-order valence-electron chi connectivity index (χ0n) is 17.6. The fourth-order valence-corrected chi connectivity index (χ4v) is 4.70. The highest BCUT2D eigenvalue weighted by Gasteiger charge is 2.23. The molecule has 0 spiro atoms. The molecular formula is C22H26N4O4S. The third kappa shape index (κ3) is 5.34. The lowest BCUT2D eigenvalue weighted by molar-refractivity contribution is 0.0697. The predicted octanol–water partition coefficient (Wildman–Crippen LogP) is 2.84. The van der Waals surface area contributed by atoms with Crippen molar-refractivity contribution in [1.29, 1.82) is 5.26 Å². The van der Waals surface area contributed by atoms with E-state index in [1.807, 2.05) is 18.7 Å². The molecule has 0 amide bonds. The van der Waals surface area contributed by atoms with Gasteiger partial charge in [-0.15, -0.1) is 0 Å². The second-order valence-corrected chi connectivity index (χ2v) is 9.31. The zero-order chi connectivity index (χ0) is 22.6. The molecule has 0 aromatic heterocycles. The number of hydrogen-bond donors (Lipinski definition) is 2. The summed E-state index contributed by atoms with van der Waals surface area (Å²) in [7, 11) is -3.84. The molecule has 1 aliphatic rings. The van der Waals surface area contributed by atoms with Crippen LogP contribution in [0.3, 0.4) is 0 Å². The number of nitrogens with zero attached hydrogens (tertiary/aromatic N) is 3. The van der Waals surface area contributed by atoms with Crippen LogP contribution < -0.4 is 9.62 Å². The van der Waals surface area contributed by atoms with Gasteiger partial charge in [-0.3, -0.25) is 9.62 Å². The zero-order valence-corrected chi connectivity index (χ0v) is 18.4. The highest BCUT2D eigenvalue weighted by atomic mass is 32.2. The molecule has 3 rings (SSSR count). The number of carboxylic acids is 1. The number of benzene rings is 2. The van der Waals surface area contributed by atoms with Gasteiger partial charge in [0.05, 0.1) is 22.2 Å². The molecule has 8 nitrogen and oxygen atoms in total. The van der Waals surface area contributed by atoms with Crippen LogP contribution in [-0.2, 0) is 10.0 Å². The minimum atomic E-state index is -3.84. The average molecular weight is 443 g/mol. The Balaban J connectivity index is 1.80. The molecule has 0 aliphatic carbocycles. The van der Waals surface area contributed by atoms with Gasteiger partial charge in [0, 0.05) is 44.8 Å². The minimum Gasteiger partial charge on any atom is -0.478 e. The van der Waals surface area contributed by atoms with E-state index in [1.54, 1.807) is 24.3 Å². The number of hydrogen-bond acceptors (Lipinski definition) is 6. The first-order valence-corrected chi connectivity index (χ1v) is 11.5. The molecular weight excluding hydrogens is 416 g/mol. The van der Waals surface area contributed by atoms with Gasteiger partial charge < -0.3 is 10.0 Å². The molecule has 1 heterocycles. The molecule has 0 atom stereocenters. The van der Waals surface area contributed by atoms with Crippen molar-refractivity contribution in [3.63, 3.8) is 0 Å². The number of sulfonamides is 1. The second-order valence-electron chi connectivity index (χ2n) is 7.63. The van der Waals surface area contributed by atoms with Crippen LogP contribution in [0.4, 0.5) is 11.4 Å². The molecule has 0 radical (unpaired) electrons. The molecule has 9 heteroatoms. The predicted molar refractivity (Wildman–Crippen MR) is 119 cm³/mol. The second kappa shape index (κ2) is 9.37. The lowest BCUT2D eigenvalue weighted by Gasteiger charge is -2.36. The number of piperazine rings is 1. The maximum Gasteiger partial charge on any atom is 0.337 e. The summed E-state index contributed by atoms with van der Waals surface area (Å²) in [5, 5.41) is 18.4. The topological polar surface area (TPSA) is 114 Å². The summed E-state index contributed by atoms with van der Waals surface area (Å²) in [6.45, 7) is 7.20. The molecule has 2 aromatic rings. The Morgan fingerprint density at radius 1 is 1.10 bits per heavy atom. The van der Waals surface area contributed by atoms with Gasteiger partial charge in [-0.25, -0.2) is 13.2 Å². The van der Waals surface area contributed by atoms with E-state index in [0.29, 0.717) is 31.7 Å². The van der Waals surface area contributed by atoms with E-state index >= 15 is 0 Å². The van der Waals surface area contributed by atoms with Crippen molar-refractivity contribution in [3.05, 3.63) is 53.1 Å². The number of nitriles is 1.